The van der Waals surface area contributed by atoms with Gasteiger partial charge in [0.05, 0.1) is 5.69 Å². The molecule has 1 aromatic heterocycles. The number of halogens is 2. The van der Waals surface area contributed by atoms with Crippen LogP contribution in [0.4, 0.5) is 14.5 Å². The van der Waals surface area contributed by atoms with E-state index in [2.05, 4.69) is 20.7 Å². The second-order valence-corrected chi connectivity index (χ2v) is 7.15. The molecule has 6 nitrogen and oxygen atoms in total. The predicted molar refractivity (Wildman–Crippen MR) is 114 cm³/mol. The monoisotopic (exact) mass is 410 g/mol. The third-order valence-corrected chi connectivity index (χ3v) is 5.20. The second kappa shape index (κ2) is 8.94. The Hall–Kier alpha value is -3.42. The van der Waals surface area contributed by atoms with Crippen molar-refractivity contribution in [2.75, 3.05) is 25.0 Å². The van der Waals surface area contributed by atoms with Crippen molar-refractivity contribution in [1.29, 1.82) is 0 Å². The van der Waals surface area contributed by atoms with Gasteiger partial charge in [-0.2, -0.15) is 5.10 Å². The van der Waals surface area contributed by atoms with E-state index < -0.39 is 11.6 Å². The number of rotatable bonds is 5. The zero-order chi connectivity index (χ0) is 20.9. The maximum Gasteiger partial charge on any atom is 0.191 e. The van der Waals surface area contributed by atoms with Crippen molar-refractivity contribution in [2.45, 2.75) is 19.0 Å². The Balaban J connectivity index is 1.38. The van der Waals surface area contributed by atoms with Crippen LogP contribution >= 0.6 is 0 Å². The van der Waals surface area contributed by atoms with E-state index in [9.17, 15) is 8.78 Å². The molecular weight excluding hydrogens is 386 g/mol. The standard InChI is InChI=1S/C22H24F2N6/c1-25-22(26-14-16-6-2-3-9-20(16)30-12-5-11-27-30)28-17-10-13-29(15-17)21-18(23)7-4-8-19(21)24/h2-9,11-12,17H,10,13-15H2,1H3,(H2,25,26,28). The van der Waals surface area contributed by atoms with Crippen molar-refractivity contribution < 1.29 is 8.78 Å². The fourth-order valence-electron chi connectivity index (χ4n) is 3.73. The fraction of sp³-hybridized carbons (Fsp3) is 0.273. The number of hydrogen-bond acceptors (Lipinski definition) is 3. The average molecular weight is 410 g/mol. The van der Waals surface area contributed by atoms with E-state index in [-0.39, 0.29) is 11.7 Å². The van der Waals surface area contributed by atoms with Crippen LogP contribution in [0.1, 0.15) is 12.0 Å². The molecule has 0 spiro atoms. The third kappa shape index (κ3) is 4.27. The number of nitrogens with zero attached hydrogens (tertiary/aromatic N) is 4. The van der Waals surface area contributed by atoms with E-state index in [0.29, 0.717) is 25.6 Å². The summed E-state index contributed by atoms with van der Waals surface area (Å²) < 4.78 is 30.0. The van der Waals surface area contributed by atoms with Crippen LogP contribution in [0.3, 0.4) is 0 Å². The molecule has 2 N–H and O–H groups in total. The lowest BCUT2D eigenvalue weighted by molar-refractivity contribution is 0.576. The molecule has 2 aromatic carbocycles. The molecule has 1 atom stereocenters. The van der Waals surface area contributed by atoms with Gasteiger partial charge in [-0.15, -0.1) is 0 Å². The molecule has 1 saturated heterocycles. The lowest BCUT2D eigenvalue weighted by Gasteiger charge is -2.21. The Morgan fingerprint density at radius 2 is 1.93 bits per heavy atom. The minimum atomic E-state index is -0.534. The summed E-state index contributed by atoms with van der Waals surface area (Å²) in [4.78, 5) is 6.04. The number of nitrogens with one attached hydrogen (secondary N) is 2. The van der Waals surface area contributed by atoms with Crippen molar-refractivity contribution >= 4 is 11.6 Å². The number of guanidine groups is 1. The van der Waals surface area contributed by atoms with E-state index in [4.69, 9.17) is 0 Å². The van der Waals surface area contributed by atoms with Gasteiger partial charge in [0.15, 0.2) is 5.96 Å². The van der Waals surface area contributed by atoms with Crippen LogP contribution in [-0.2, 0) is 6.54 Å². The fourth-order valence-corrected chi connectivity index (χ4v) is 3.73. The van der Waals surface area contributed by atoms with Crippen LogP contribution < -0.4 is 15.5 Å². The highest BCUT2D eigenvalue weighted by molar-refractivity contribution is 5.80. The molecule has 0 bridgehead atoms. The van der Waals surface area contributed by atoms with Crippen molar-refractivity contribution in [1.82, 2.24) is 20.4 Å². The lowest BCUT2D eigenvalue weighted by atomic mass is 10.2. The average Bonchev–Trinajstić information content (AvgIpc) is 3.44. The van der Waals surface area contributed by atoms with Gasteiger partial charge in [0.25, 0.3) is 0 Å². The number of aromatic nitrogens is 2. The number of benzene rings is 2. The van der Waals surface area contributed by atoms with Gasteiger partial charge >= 0.3 is 0 Å². The molecule has 156 valence electrons. The number of aliphatic imine (C=N–C) groups is 1. The van der Waals surface area contributed by atoms with Gasteiger partial charge in [-0.05, 0) is 36.2 Å². The third-order valence-electron chi connectivity index (χ3n) is 5.20. The quantitative estimate of drug-likeness (QED) is 0.501. The number of para-hydroxylation sites is 2. The maximum absolute atomic E-state index is 14.1. The summed E-state index contributed by atoms with van der Waals surface area (Å²) in [5, 5.41) is 11.0. The maximum atomic E-state index is 14.1. The van der Waals surface area contributed by atoms with Gasteiger partial charge in [-0.25, -0.2) is 13.5 Å². The normalized spacial score (nSPS) is 16.7. The van der Waals surface area contributed by atoms with Crippen molar-refractivity contribution in [2.24, 2.45) is 4.99 Å². The first-order valence-electron chi connectivity index (χ1n) is 9.90. The minimum Gasteiger partial charge on any atom is -0.365 e. The molecule has 8 heteroatoms. The van der Waals surface area contributed by atoms with Crippen LogP contribution in [0.25, 0.3) is 5.69 Å². The molecule has 0 saturated carbocycles. The van der Waals surface area contributed by atoms with E-state index in [1.165, 1.54) is 18.2 Å². The molecule has 2 heterocycles. The number of hydrogen-bond donors (Lipinski definition) is 2. The molecule has 0 radical (unpaired) electrons. The Morgan fingerprint density at radius 3 is 2.67 bits per heavy atom. The summed E-state index contributed by atoms with van der Waals surface area (Å²) in [6, 6.07) is 13.9. The first-order chi connectivity index (χ1) is 14.7. The SMILES string of the molecule is CN=C(NCc1ccccc1-n1cccn1)NC1CCN(c2c(F)cccc2F)C1. The Bertz CT molecular complexity index is 998. The minimum absolute atomic E-state index is 0.0385. The van der Waals surface area contributed by atoms with Crippen molar-refractivity contribution in [3.63, 3.8) is 0 Å². The van der Waals surface area contributed by atoms with E-state index in [1.54, 1.807) is 18.1 Å². The Labute approximate surface area is 174 Å². The van der Waals surface area contributed by atoms with Crippen LogP contribution in [0.2, 0.25) is 0 Å². The summed E-state index contributed by atoms with van der Waals surface area (Å²) >= 11 is 0. The molecule has 1 fully saturated rings. The summed E-state index contributed by atoms with van der Waals surface area (Å²) in [5.74, 6) is -0.423. The first kappa shape index (κ1) is 19.9. The van der Waals surface area contributed by atoms with Crippen molar-refractivity contribution in [3.8, 4) is 5.69 Å². The van der Waals surface area contributed by atoms with E-state index >= 15 is 0 Å². The van der Waals surface area contributed by atoms with Crippen LogP contribution in [-0.4, -0.2) is 41.9 Å². The van der Waals surface area contributed by atoms with Gasteiger partial charge in [-0.1, -0.05) is 24.3 Å². The summed E-state index contributed by atoms with van der Waals surface area (Å²) in [6.45, 7) is 1.64. The summed E-state index contributed by atoms with van der Waals surface area (Å²) in [6.07, 6.45) is 4.41. The van der Waals surface area contributed by atoms with Crippen LogP contribution in [0, 0.1) is 11.6 Å². The Kier molecular flexibility index (Phi) is 5.92. The molecule has 1 unspecified atom stereocenters. The molecular formula is C22H24F2N6. The van der Waals surface area contributed by atoms with Gasteiger partial charge in [-0.3, -0.25) is 4.99 Å². The molecule has 30 heavy (non-hydrogen) atoms. The highest BCUT2D eigenvalue weighted by atomic mass is 19.1. The topological polar surface area (TPSA) is 57.5 Å². The summed E-state index contributed by atoms with van der Waals surface area (Å²) in [7, 11) is 1.71. The number of anilines is 1. The lowest BCUT2D eigenvalue weighted by Crippen LogP contribution is -2.44. The molecule has 1 aliphatic heterocycles. The zero-order valence-corrected chi connectivity index (χ0v) is 16.7. The highest BCUT2D eigenvalue weighted by Crippen LogP contribution is 2.26. The van der Waals surface area contributed by atoms with Gasteiger partial charge in [0, 0.05) is 45.1 Å². The highest BCUT2D eigenvalue weighted by Gasteiger charge is 2.27. The van der Waals surface area contributed by atoms with Gasteiger partial charge in [0.1, 0.15) is 17.3 Å². The second-order valence-electron chi connectivity index (χ2n) is 7.15. The predicted octanol–water partition coefficient (Wildman–Crippen LogP) is 3.09. The summed E-state index contributed by atoms with van der Waals surface area (Å²) in [5.41, 5.74) is 2.11. The van der Waals surface area contributed by atoms with E-state index in [0.717, 1.165) is 17.7 Å². The largest absolute Gasteiger partial charge is 0.365 e. The smallest absolute Gasteiger partial charge is 0.191 e. The van der Waals surface area contributed by atoms with Crippen molar-refractivity contribution in [3.05, 3.63) is 78.1 Å². The molecule has 3 aromatic rings. The molecule has 0 amide bonds. The molecule has 4 rings (SSSR count). The van der Waals surface area contributed by atoms with Crippen LogP contribution in [0.15, 0.2) is 65.9 Å². The molecule has 1 aliphatic rings. The van der Waals surface area contributed by atoms with Gasteiger partial charge < -0.3 is 15.5 Å². The molecule has 0 aliphatic carbocycles. The van der Waals surface area contributed by atoms with Gasteiger partial charge in [0.2, 0.25) is 0 Å². The van der Waals surface area contributed by atoms with E-state index in [1.807, 2.05) is 41.2 Å². The zero-order valence-electron chi connectivity index (χ0n) is 16.7. The first-order valence-corrected chi connectivity index (χ1v) is 9.90. The Morgan fingerprint density at radius 1 is 1.13 bits per heavy atom. The van der Waals surface area contributed by atoms with Crippen LogP contribution in [0.5, 0.6) is 0 Å².